The zero-order valence-corrected chi connectivity index (χ0v) is 19.2. The minimum absolute atomic E-state index is 0.0418. The van der Waals surface area contributed by atoms with E-state index < -0.39 is 6.04 Å². The first-order chi connectivity index (χ1) is 16.3. The van der Waals surface area contributed by atoms with Gasteiger partial charge >= 0.3 is 0 Å². The van der Waals surface area contributed by atoms with Crippen LogP contribution in [-0.2, 0) is 32.1 Å². The number of carbonyl (C=O) groups excluding carboxylic acids is 3. The predicted octanol–water partition coefficient (Wildman–Crippen LogP) is 1.91. The molecule has 2 N–H and O–H groups in total. The fourth-order valence-electron chi connectivity index (χ4n) is 4.98. The summed E-state index contributed by atoms with van der Waals surface area (Å²) in [5, 5.41) is 4.19. The molecule has 0 aliphatic carbocycles. The maximum Gasteiger partial charge on any atom is 0.271 e. The van der Waals surface area contributed by atoms with Gasteiger partial charge in [0.15, 0.2) is 0 Å². The van der Waals surface area contributed by atoms with Gasteiger partial charge in [-0.25, -0.2) is 9.45 Å². The fourth-order valence-corrected chi connectivity index (χ4v) is 4.98. The number of hydrogen-bond donors (Lipinski definition) is 2. The molecular weight excluding hydrogens is 443 g/mol. The Balaban J connectivity index is 1.29. The van der Waals surface area contributed by atoms with Gasteiger partial charge in [-0.05, 0) is 56.0 Å². The number of fused-ring (bicyclic) bond motifs is 1. The molecule has 0 bridgehead atoms. The number of halogens is 1. The summed E-state index contributed by atoms with van der Waals surface area (Å²) in [5.74, 6) is -1.12. The maximum atomic E-state index is 13.6. The molecule has 1 aromatic heterocycles. The number of amides is 3. The quantitative estimate of drug-likeness (QED) is 0.695. The van der Waals surface area contributed by atoms with Crippen LogP contribution in [0.5, 0.6) is 0 Å². The lowest BCUT2D eigenvalue weighted by molar-refractivity contribution is -0.181. The summed E-state index contributed by atoms with van der Waals surface area (Å²) in [6.45, 7) is 5.08. The zero-order chi connectivity index (χ0) is 24.0. The van der Waals surface area contributed by atoms with Crippen LogP contribution in [0.2, 0.25) is 0 Å². The number of carbonyl (C=O) groups is 3. The van der Waals surface area contributed by atoms with Crippen molar-refractivity contribution >= 4 is 23.4 Å². The third kappa shape index (κ3) is 3.97. The standard InChI is InChI=1S/C24H27FN4O5/c1-13-18(11-28-20-4-3-16(25)9-15(20)10-21(28)30)26-14(2)22(13)23(31)27-19-12-34-29(24(19)32)17-5-7-33-8-6-17/h3-4,9,17,19,26H,5-8,10-12H2,1-2H3,(H,27,31)/t19-/m1/s1. The highest BCUT2D eigenvalue weighted by Gasteiger charge is 2.39. The van der Waals surface area contributed by atoms with Gasteiger partial charge in [-0.1, -0.05) is 0 Å². The molecular formula is C24H27FN4O5. The average molecular weight is 471 g/mol. The monoisotopic (exact) mass is 470 g/mol. The normalized spacial score (nSPS) is 20.9. The molecule has 1 aromatic carbocycles. The smallest absolute Gasteiger partial charge is 0.271 e. The molecule has 34 heavy (non-hydrogen) atoms. The van der Waals surface area contributed by atoms with Gasteiger partial charge in [0.25, 0.3) is 11.8 Å². The van der Waals surface area contributed by atoms with E-state index in [9.17, 15) is 18.8 Å². The summed E-state index contributed by atoms with van der Waals surface area (Å²) >= 11 is 0. The summed E-state index contributed by atoms with van der Waals surface area (Å²) in [4.78, 5) is 48.9. The van der Waals surface area contributed by atoms with Crippen LogP contribution < -0.4 is 10.2 Å². The topological polar surface area (TPSA) is 104 Å². The Hall–Kier alpha value is -3.24. The predicted molar refractivity (Wildman–Crippen MR) is 119 cm³/mol. The van der Waals surface area contributed by atoms with Crippen molar-refractivity contribution in [2.24, 2.45) is 0 Å². The molecule has 3 aliphatic rings. The molecule has 10 heteroatoms. The number of hydroxylamine groups is 2. The average Bonchev–Trinajstić information content (AvgIpc) is 3.42. The number of aromatic nitrogens is 1. The molecule has 0 unspecified atom stereocenters. The van der Waals surface area contributed by atoms with Crippen molar-refractivity contribution in [2.45, 2.75) is 51.7 Å². The van der Waals surface area contributed by atoms with E-state index in [1.165, 1.54) is 17.2 Å². The van der Waals surface area contributed by atoms with Crippen LogP contribution in [0, 0.1) is 19.7 Å². The summed E-state index contributed by atoms with van der Waals surface area (Å²) < 4.78 is 18.9. The number of nitrogens with zero attached hydrogens (tertiary/aromatic N) is 2. The molecule has 180 valence electrons. The van der Waals surface area contributed by atoms with Gasteiger partial charge in [-0.2, -0.15) is 0 Å². The number of hydrogen-bond acceptors (Lipinski definition) is 5. The third-order valence-corrected chi connectivity index (χ3v) is 6.78. The highest BCUT2D eigenvalue weighted by Crippen LogP contribution is 2.32. The lowest BCUT2D eigenvalue weighted by Gasteiger charge is -2.29. The molecule has 4 heterocycles. The highest BCUT2D eigenvalue weighted by molar-refractivity contribution is 6.02. The number of aryl methyl sites for hydroxylation is 1. The van der Waals surface area contributed by atoms with Gasteiger partial charge in [0.2, 0.25) is 5.91 Å². The minimum atomic E-state index is -0.755. The first-order valence-electron chi connectivity index (χ1n) is 11.4. The second-order valence-corrected chi connectivity index (χ2v) is 8.99. The van der Waals surface area contributed by atoms with Gasteiger partial charge < -0.3 is 19.9 Å². The van der Waals surface area contributed by atoms with E-state index in [0.29, 0.717) is 59.8 Å². The van der Waals surface area contributed by atoms with Crippen LogP contribution >= 0.6 is 0 Å². The third-order valence-electron chi connectivity index (χ3n) is 6.78. The maximum absolute atomic E-state index is 13.6. The van der Waals surface area contributed by atoms with E-state index in [1.54, 1.807) is 24.8 Å². The van der Waals surface area contributed by atoms with Gasteiger partial charge in [0, 0.05) is 30.3 Å². The fraction of sp³-hybridized carbons (Fsp3) is 0.458. The Morgan fingerprint density at radius 1 is 1.24 bits per heavy atom. The molecule has 9 nitrogen and oxygen atoms in total. The molecule has 1 atom stereocenters. The van der Waals surface area contributed by atoms with Crippen molar-refractivity contribution in [3.05, 3.63) is 52.1 Å². The largest absolute Gasteiger partial charge is 0.381 e. The number of anilines is 1. The van der Waals surface area contributed by atoms with Crippen LogP contribution in [0.4, 0.5) is 10.1 Å². The summed E-state index contributed by atoms with van der Waals surface area (Å²) in [6, 6.07) is 3.52. The molecule has 2 saturated heterocycles. The van der Waals surface area contributed by atoms with Gasteiger partial charge in [0.05, 0.1) is 24.6 Å². The first-order valence-corrected chi connectivity index (χ1v) is 11.4. The number of aromatic amines is 1. The van der Waals surface area contributed by atoms with Crippen molar-refractivity contribution in [3.8, 4) is 0 Å². The molecule has 0 radical (unpaired) electrons. The van der Waals surface area contributed by atoms with E-state index in [1.807, 2.05) is 0 Å². The van der Waals surface area contributed by atoms with Crippen LogP contribution in [0.15, 0.2) is 18.2 Å². The molecule has 0 saturated carbocycles. The van der Waals surface area contributed by atoms with E-state index in [2.05, 4.69) is 10.3 Å². The highest BCUT2D eigenvalue weighted by atomic mass is 19.1. The van der Waals surface area contributed by atoms with Crippen molar-refractivity contribution in [2.75, 3.05) is 24.7 Å². The Morgan fingerprint density at radius 3 is 2.76 bits per heavy atom. The SMILES string of the molecule is Cc1[nH]c(CN2C(=O)Cc3cc(F)ccc32)c(C)c1C(=O)N[C@@H]1CON(C2CCOCC2)C1=O. The van der Waals surface area contributed by atoms with Crippen LogP contribution in [0.3, 0.4) is 0 Å². The molecule has 3 amide bonds. The second-order valence-electron chi connectivity index (χ2n) is 8.99. The molecule has 5 rings (SSSR count). The summed E-state index contributed by atoms with van der Waals surface area (Å²) in [7, 11) is 0. The second kappa shape index (κ2) is 8.84. The van der Waals surface area contributed by atoms with Crippen molar-refractivity contribution < 1.29 is 28.3 Å². The zero-order valence-electron chi connectivity index (χ0n) is 19.2. The summed E-state index contributed by atoms with van der Waals surface area (Å²) in [5.41, 5.74) is 3.82. The van der Waals surface area contributed by atoms with Gasteiger partial charge in [0.1, 0.15) is 18.5 Å². The number of ether oxygens (including phenoxy) is 1. The molecule has 2 aromatic rings. The number of benzene rings is 1. The number of nitrogens with one attached hydrogen (secondary N) is 2. The molecule has 3 aliphatic heterocycles. The van der Waals surface area contributed by atoms with Crippen LogP contribution in [0.25, 0.3) is 0 Å². The van der Waals surface area contributed by atoms with Gasteiger partial charge in [-0.15, -0.1) is 0 Å². The van der Waals surface area contributed by atoms with Crippen LogP contribution in [-0.4, -0.2) is 59.7 Å². The van der Waals surface area contributed by atoms with Crippen molar-refractivity contribution in [3.63, 3.8) is 0 Å². The Kier molecular flexibility index (Phi) is 5.86. The number of rotatable bonds is 5. The lowest BCUT2D eigenvalue weighted by Crippen LogP contribution is -2.46. The lowest BCUT2D eigenvalue weighted by atomic mass is 10.1. The Morgan fingerprint density at radius 2 is 2.00 bits per heavy atom. The van der Waals surface area contributed by atoms with Crippen molar-refractivity contribution in [1.29, 1.82) is 0 Å². The summed E-state index contributed by atoms with van der Waals surface area (Å²) in [6.07, 6.45) is 1.56. The minimum Gasteiger partial charge on any atom is -0.381 e. The molecule has 0 spiro atoms. The van der Waals surface area contributed by atoms with E-state index in [0.717, 1.165) is 0 Å². The van der Waals surface area contributed by atoms with Crippen molar-refractivity contribution in [1.82, 2.24) is 15.4 Å². The van der Waals surface area contributed by atoms with E-state index >= 15 is 0 Å². The van der Waals surface area contributed by atoms with E-state index in [-0.39, 0.29) is 49.2 Å². The van der Waals surface area contributed by atoms with Gasteiger partial charge in [-0.3, -0.25) is 19.2 Å². The van der Waals surface area contributed by atoms with E-state index in [4.69, 9.17) is 9.57 Å². The molecule has 2 fully saturated rings. The number of H-pyrrole nitrogens is 1. The van der Waals surface area contributed by atoms with Crippen LogP contribution in [0.1, 0.15) is 45.7 Å². The Bertz CT molecular complexity index is 1160. The Labute approximate surface area is 196 Å². The first kappa shape index (κ1) is 22.5.